The molecule has 0 N–H and O–H groups in total. The lowest BCUT2D eigenvalue weighted by atomic mass is 10.3. The summed E-state index contributed by atoms with van der Waals surface area (Å²) in [7, 11) is -3.57. The number of alkyl halides is 2. The Labute approximate surface area is 91.1 Å². The molecular formula is C8H9F2NO4S. The van der Waals surface area contributed by atoms with Crippen molar-refractivity contribution in [3.8, 4) is 5.88 Å². The third-order valence-corrected chi connectivity index (χ3v) is 1.99. The van der Waals surface area contributed by atoms with E-state index in [2.05, 4.69) is 13.9 Å². The second-order valence-electron chi connectivity index (χ2n) is 2.85. The number of aromatic nitrogens is 1. The largest absolute Gasteiger partial charge is 0.417 e. The zero-order valence-electron chi connectivity index (χ0n) is 8.26. The van der Waals surface area contributed by atoms with Crippen molar-refractivity contribution in [3.05, 3.63) is 23.9 Å². The standard InChI is InChI=1S/C8H9F2NO4S/c1-16(12,13)14-5-6-2-3-11-7(4-6)15-8(9)10/h2-4,8H,5H2,1H3. The van der Waals surface area contributed by atoms with Gasteiger partial charge in [0.1, 0.15) is 0 Å². The molecule has 0 aliphatic heterocycles. The van der Waals surface area contributed by atoms with Crippen molar-refractivity contribution >= 4 is 10.1 Å². The molecule has 1 aromatic heterocycles. The molecule has 5 nitrogen and oxygen atoms in total. The fourth-order valence-electron chi connectivity index (χ4n) is 0.871. The van der Waals surface area contributed by atoms with E-state index in [1.807, 2.05) is 0 Å². The van der Waals surface area contributed by atoms with Crippen LogP contribution < -0.4 is 4.74 Å². The molecule has 1 heterocycles. The van der Waals surface area contributed by atoms with E-state index in [9.17, 15) is 17.2 Å². The summed E-state index contributed by atoms with van der Waals surface area (Å²) in [5.41, 5.74) is 0.371. The third kappa shape index (κ3) is 4.99. The summed E-state index contributed by atoms with van der Waals surface area (Å²) in [4.78, 5) is 3.52. The van der Waals surface area contributed by atoms with E-state index in [1.54, 1.807) is 0 Å². The lowest BCUT2D eigenvalue weighted by Gasteiger charge is -2.05. The van der Waals surface area contributed by atoms with Gasteiger partial charge in [0.2, 0.25) is 5.88 Å². The van der Waals surface area contributed by atoms with Crippen molar-refractivity contribution in [3.63, 3.8) is 0 Å². The Morgan fingerprint density at radius 3 is 2.75 bits per heavy atom. The highest BCUT2D eigenvalue weighted by atomic mass is 32.2. The second-order valence-corrected chi connectivity index (χ2v) is 4.49. The van der Waals surface area contributed by atoms with Crippen LogP contribution in [0.25, 0.3) is 0 Å². The molecule has 16 heavy (non-hydrogen) atoms. The van der Waals surface area contributed by atoms with Crippen molar-refractivity contribution in [2.24, 2.45) is 0 Å². The number of ether oxygens (including phenoxy) is 1. The van der Waals surface area contributed by atoms with E-state index in [0.29, 0.717) is 5.56 Å². The summed E-state index contributed by atoms with van der Waals surface area (Å²) < 4.78 is 53.5. The summed E-state index contributed by atoms with van der Waals surface area (Å²) in [6.07, 6.45) is 2.11. The van der Waals surface area contributed by atoms with Crippen molar-refractivity contribution in [2.45, 2.75) is 13.2 Å². The van der Waals surface area contributed by atoms with Gasteiger partial charge in [-0.1, -0.05) is 0 Å². The molecule has 0 saturated carbocycles. The SMILES string of the molecule is CS(=O)(=O)OCc1ccnc(OC(F)F)c1. The third-order valence-electron chi connectivity index (χ3n) is 1.45. The zero-order valence-corrected chi connectivity index (χ0v) is 9.08. The summed E-state index contributed by atoms with van der Waals surface area (Å²) in [6, 6.07) is 2.61. The normalized spacial score (nSPS) is 11.8. The maximum Gasteiger partial charge on any atom is 0.388 e. The van der Waals surface area contributed by atoms with Crippen LogP contribution in [0.4, 0.5) is 8.78 Å². The summed E-state index contributed by atoms with van der Waals surface area (Å²) >= 11 is 0. The molecule has 0 fully saturated rings. The first-order chi connectivity index (χ1) is 7.37. The molecule has 0 atom stereocenters. The molecule has 90 valence electrons. The highest BCUT2D eigenvalue weighted by Crippen LogP contribution is 2.13. The smallest absolute Gasteiger partial charge is 0.388 e. The van der Waals surface area contributed by atoms with Crippen molar-refractivity contribution in [1.29, 1.82) is 0 Å². The number of hydrogen-bond donors (Lipinski definition) is 0. The Balaban J connectivity index is 2.67. The Bertz CT molecular complexity index is 449. The van der Waals surface area contributed by atoms with Gasteiger partial charge in [-0.25, -0.2) is 4.98 Å². The first-order valence-corrected chi connectivity index (χ1v) is 5.92. The highest BCUT2D eigenvalue weighted by molar-refractivity contribution is 7.85. The van der Waals surface area contributed by atoms with Crippen LogP contribution >= 0.6 is 0 Å². The first-order valence-electron chi connectivity index (χ1n) is 4.11. The quantitative estimate of drug-likeness (QED) is 0.737. The Morgan fingerprint density at radius 2 is 2.19 bits per heavy atom. The van der Waals surface area contributed by atoms with Crippen molar-refractivity contribution in [1.82, 2.24) is 4.98 Å². The minimum absolute atomic E-state index is 0.249. The topological polar surface area (TPSA) is 65.5 Å². The lowest BCUT2D eigenvalue weighted by molar-refractivity contribution is -0.0529. The van der Waals surface area contributed by atoms with Crippen LogP contribution in [-0.2, 0) is 20.9 Å². The van der Waals surface area contributed by atoms with Crippen LogP contribution in [0.15, 0.2) is 18.3 Å². The first kappa shape index (κ1) is 12.8. The number of hydrogen-bond acceptors (Lipinski definition) is 5. The number of halogens is 2. The Morgan fingerprint density at radius 1 is 1.50 bits per heavy atom. The molecule has 8 heteroatoms. The number of rotatable bonds is 5. The maximum atomic E-state index is 11.8. The van der Waals surface area contributed by atoms with Crippen LogP contribution in [-0.4, -0.2) is 26.3 Å². The molecule has 0 aromatic carbocycles. The van der Waals surface area contributed by atoms with Gasteiger partial charge in [-0.2, -0.15) is 17.2 Å². The molecule has 0 amide bonds. The molecule has 0 aliphatic carbocycles. The molecular weight excluding hydrogens is 244 g/mol. The maximum absolute atomic E-state index is 11.8. The average Bonchev–Trinajstić information content (AvgIpc) is 2.13. The van der Waals surface area contributed by atoms with E-state index in [-0.39, 0.29) is 12.5 Å². The summed E-state index contributed by atoms with van der Waals surface area (Å²) in [5, 5.41) is 0. The van der Waals surface area contributed by atoms with Gasteiger partial charge in [-0.15, -0.1) is 0 Å². The van der Waals surface area contributed by atoms with E-state index >= 15 is 0 Å². The minimum atomic E-state index is -3.57. The molecule has 1 rings (SSSR count). The van der Waals surface area contributed by atoms with Crippen molar-refractivity contribution in [2.75, 3.05) is 6.26 Å². The number of pyridine rings is 1. The van der Waals surface area contributed by atoms with Gasteiger partial charge >= 0.3 is 6.61 Å². The fraction of sp³-hybridized carbons (Fsp3) is 0.375. The van der Waals surface area contributed by atoms with Crippen LogP contribution in [0.3, 0.4) is 0 Å². The van der Waals surface area contributed by atoms with E-state index in [0.717, 1.165) is 6.26 Å². The van der Waals surface area contributed by atoms with Gasteiger partial charge < -0.3 is 4.74 Å². The van der Waals surface area contributed by atoms with E-state index in [4.69, 9.17) is 0 Å². The van der Waals surface area contributed by atoms with Gasteiger partial charge in [0.25, 0.3) is 10.1 Å². The molecule has 1 aromatic rings. The highest BCUT2D eigenvalue weighted by Gasteiger charge is 2.07. The molecule has 0 aliphatic rings. The molecule has 0 unspecified atom stereocenters. The predicted molar refractivity (Wildman–Crippen MR) is 50.5 cm³/mol. The monoisotopic (exact) mass is 253 g/mol. The van der Waals surface area contributed by atoms with Gasteiger partial charge in [0.05, 0.1) is 12.9 Å². The Kier molecular flexibility index (Phi) is 4.13. The van der Waals surface area contributed by atoms with Gasteiger partial charge in [-0.3, -0.25) is 4.18 Å². The van der Waals surface area contributed by atoms with Gasteiger partial charge in [0.15, 0.2) is 0 Å². The summed E-state index contributed by atoms with van der Waals surface area (Å²) in [5.74, 6) is -0.287. The second kappa shape index (κ2) is 5.17. The minimum Gasteiger partial charge on any atom is -0.417 e. The molecule has 0 spiro atoms. The van der Waals surface area contributed by atoms with Gasteiger partial charge in [0, 0.05) is 12.3 Å². The van der Waals surface area contributed by atoms with Crippen molar-refractivity contribution < 1.29 is 26.1 Å². The van der Waals surface area contributed by atoms with Crippen LogP contribution in [0.2, 0.25) is 0 Å². The summed E-state index contributed by atoms with van der Waals surface area (Å²) in [6.45, 7) is -3.22. The van der Waals surface area contributed by atoms with Crippen LogP contribution in [0.5, 0.6) is 5.88 Å². The fourth-order valence-corrected chi connectivity index (χ4v) is 1.22. The number of nitrogens with zero attached hydrogens (tertiary/aromatic N) is 1. The molecule has 0 saturated heterocycles. The zero-order chi connectivity index (χ0) is 12.2. The van der Waals surface area contributed by atoms with Crippen LogP contribution in [0.1, 0.15) is 5.56 Å². The van der Waals surface area contributed by atoms with Crippen LogP contribution in [0, 0.1) is 0 Å². The van der Waals surface area contributed by atoms with E-state index < -0.39 is 16.7 Å². The predicted octanol–water partition coefficient (Wildman–Crippen LogP) is 1.16. The molecule has 0 bridgehead atoms. The van der Waals surface area contributed by atoms with E-state index in [1.165, 1.54) is 18.3 Å². The lowest BCUT2D eigenvalue weighted by Crippen LogP contribution is -2.05. The average molecular weight is 253 g/mol. The molecule has 0 radical (unpaired) electrons. The Hall–Kier alpha value is -1.28. The van der Waals surface area contributed by atoms with Gasteiger partial charge in [-0.05, 0) is 11.6 Å².